The fourth-order valence-corrected chi connectivity index (χ4v) is 15.6. The van der Waals surface area contributed by atoms with Gasteiger partial charge in [0.1, 0.15) is 28.6 Å². The number of rotatable bonds is 9. The van der Waals surface area contributed by atoms with Gasteiger partial charge in [0.2, 0.25) is 0 Å². The Morgan fingerprint density at radius 3 is 1.65 bits per heavy atom. The second kappa shape index (κ2) is 22.8. The number of pyridine rings is 1. The number of fused-ring (bicyclic) bond motifs is 16. The van der Waals surface area contributed by atoms with Crippen LogP contribution in [0.4, 0.5) is 4.39 Å². The molecular formula is C89H62ClFN6O. The van der Waals surface area contributed by atoms with Crippen molar-refractivity contribution in [1.29, 1.82) is 0 Å². The number of aromatic nitrogens is 6. The third kappa shape index (κ3) is 9.23. The molecule has 0 saturated heterocycles. The Bertz CT molecular complexity index is 6530. The third-order valence-electron chi connectivity index (χ3n) is 20.0. The first-order chi connectivity index (χ1) is 47.7. The van der Waals surface area contributed by atoms with E-state index < -0.39 is 0 Å². The Morgan fingerprint density at radius 2 is 0.949 bits per heavy atom. The van der Waals surface area contributed by atoms with Crippen molar-refractivity contribution in [2.75, 3.05) is 0 Å². The lowest BCUT2D eigenvalue weighted by Gasteiger charge is -2.20. The summed E-state index contributed by atoms with van der Waals surface area (Å²) < 4.78 is 35.1. The number of benzene rings is 13. The summed E-state index contributed by atoms with van der Waals surface area (Å²) in [6.07, 6.45) is 4.14. The molecule has 7 nitrogen and oxygen atoms in total. The van der Waals surface area contributed by atoms with Crippen molar-refractivity contribution in [1.82, 2.24) is 23.1 Å². The van der Waals surface area contributed by atoms with Crippen molar-refractivity contribution in [2.24, 2.45) is 0 Å². The molecule has 0 spiro atoms. The highest BCUT2D eigenvalue weighted by atomic mass is 35.5. The third-order valence-corrected chi connectivity index (χ3v) is 20.0. The molecule has 6 heterocycles. The molecule has 0 unspecified atom stereocenters. The molecule has 0 N–H and O–H groups in total. The standard InChI is InChI=1S/C89H62FN6O.ClH/c1-89(2,3)59-46-47-91-85(50-59)95-79-41-15-13-34-71(79)76-52-83(96-80-42-16-12-32-69(80)74-38-20-36-64(87(74)96)58-44-45-78-75(49-58)70-33-11-14-40-77(70)92(78)54-56-22-5-4-6-23-56)84(53-82(76)95)97-62-27-18-26-61(51-62)93-55-94-86-63(57-24-17-25-60(90)48-57)35-19-37-72(86)67-30-9-7-28-65(67)66-29-8-10-31-68(66)73-39-21-43-81(93)88(73)94;/h4-53,55H,54H2,1-3H3;1H/q+1;/p-1. The molecule has 13 aromatic carbocycles. The van der Waals surface area contributed by atoms with E-state index in [1.54, 1.807) is 12.1 Å². The smallest absolute Gasteiger partial charge is 0.255 e. The van der Waals surface area contributed by atoms with Crippen molar-refractivity contribution in [3.63, 3.8) is 0 Å². The Balaban J connectivity index is 0.00000696. The minimum absolute atomic E-state index is 0. The van der Waals surface area contributed by atoms with E-state index >= 15 is 4.39 Å². The molecule has 0 radical (unpaired) electrons. The molecule has 0 aliphatic heterocycles. The van der Waals surface area contributed by atoms with Crippen molar-refractivity contribution < 1.29 is 26.1 Å². The number of hydrogen-bond donors (Lipinski definition) is 0. The van der Waals surface area contributed by atoms with Crippen LogP contribution in [0.15, 0.2) is 310 Å². The van der Waals surface area contributed by atoms with Crippen LogP contribution in [0.5, 0.6) is 11.5 Å². The Kier molecular flexibility index (Phi) is 13.6. The van der Waals surface area contributed by atoms with Gasteiger partial charge < -0.3 is 26.3 Å². The van der Waals surface area contributed by atoms with Gasteiger partial charge in [-0.15, -0.1) is 0 Å². The highest BCUT2D eigenvalue weighted by Gasteiger charge is 2.27. The molecule has 9 heteroatoms. The zero-order valence-corrected chi connectivity index (χ0v) is 54.8. The van der Waals surface area contributed by atoms with Gasteiger partial charge >= 0.3 is 0 Å². The molecule has 0 amide bonds. The van der Waals surface area contributed by atoms with Gasteiger partial charge in [-0.25, -0.2) is 9.37 Å². The predicted molar refractivity (Wildman–Crippen MR) is 399 cm³/mol. The van der Waals surface area contributed by atoms with E-state index in [2.05, 4.69) is 323 Å². The number of para-hydroxylation sites is 6. The van der Waals surface area contributed by atoms with Crippen LogP contribution in [-0.4, -0.2) is 23.1 Å². The lowest BCUT2D eigenvalue weighted by atomic mass is 9.88. The zero-order valence-electron chi connectivity index (χ0n) is 54.0. The highest BCUT2D eigenvalue weighted by molar-refractivity contribution is 6.22. The summed E-state index contributed by atoms with van der Waals surface area (Å²) in [4.78, 5) is 5.14. The van der Waals surface area contributed by atoms with Crippen LogP contribution >= 0.6 is 0 Å². The highest BCUT2D eigenvalue weighted by Crippen LogP contribution is 2.47. The summed E-state index contributed by atoms with van der Waals surface area (Å²) in [6, 6.07) is 106. The monoisotopic (exact) mass is 1280 g/mol. The van der Waals surface area contributed by atoms with Crippen LogP contribution in [0, 0.1) is 5.82 Å². The van der Waals surface area contributed by atoms with Gasteiger partial charge in [0.05, 0.1) is 27.8 Å². The minimum Gasteiger partial charge on any atom is -1.00 e. The molecule has 98 heavy (non-hydrogen) atoms. The fraction of sp³-hybridized carbons (Fsp3) is 0.0562. The van der Waals surface area contributed by atoms with Crippen LogP contribution < -0.4 is 21.7 Å². The fourth-order valence-electron chi connectivity index (χ4n) is 15.6. The predicted octanol–water partition coefficient (Wildman–Crippen LogP) is 19.7. The van der Waals surface area contributed by atoms with Crippen molar-refractivity contribution in [3.8, 4) is 50.9 Å². The Labute approximate surface area is 570 Å². The van der Waals surface area contributed by atoms with Gasteiger partial charge in [-0.2, -0.15) is 8.97 Å². The molecular weight excluding hydrogens is 1220 g/mol. The summed E-state index contributed by atoms with van der Waals surface area (Å²) in [5.41, 5.74) is 17.5. The maximum absolute atomic E-state index is 15.5. The summed E-state index contributed by atoms with van der Waals surface area (Å²) in [5, 5.41) is 13.4. The number of nitrogens with zero attached hydrogens (tertiary/aromatic N) is 6. The molecule has 0 aliphatic carbocycles. The van der Waals surface area contributed by atoms with E-state index in [0.717, 1.165) is 138 Å². The van der Waals surface area contributed by atoms with Gasteiger partial charge in [0, 0.05) is 90.1 Å². The molecule has 468 valence electrons. The topological polar surface area (TPSA) is 45.2 Å². The van der Waals surface area contributed by atoms with E-state index in [1.807, 2.05) is 12.3 Å². The second-order valence-corrected chi connectivity index (χ2v) is 26.6. The normalized spacial score (nSPS) is 12.0. The first-order valence-corrected chi connectivity index (χ1v) is 33.2. The summed E-state index contributed by atoms with van der Waals surface area (Å²) >= 11 is 0. The summed E-state index contributed by atoms with van der Waals surface area (Å²) in [5.74, 6) is 1.86. The average Bonchev–Trinajstić information content (AvgIpc) is 1.57. The second-order valence-electron chi connectivity index (χ2n) is 26.6. The van der Waals surface area contributed by atoms with E-state index in [1.165, 1.54) is 39.0 Å². The van der Waals surface area contributed by atoms with Gasteiger partial charge in [-0.3, -0.25) is 4.57 Å². The van der Waals surface area contributed by atoms with Crippen molar-refractivity contribution in [2.45, 2.75) is 32.7 Å². The van der Waals surface area contributed by atoms with Crippen LogP contribution in [-0.2, 0) is 12.0 Å². The molecule has 6 aromatic heterocycles. The quantitative estimate of drug-likeness (QED) is 0.135. The molecule has 0 bridgehead atoms. The maximum Gasteiger partial charge on any atom is 0.255 e. The lowest BCUT2D eigenvalue weighted by Crippen LogP contribution is -3.00. The SMILES string of the molecule is CC(C)(C)c1ccnc(-n2c3ccccc3c3cc(-n4c5ccccc5c5cccc(-c6ccc7c(c6)c6ccccc6n7Cc6ccccc6)c54)c(Oc4cccc(-[n+]5cn6c7c(-c8cccc(F)c8)cccc7c7ccccc7c7ccccc7c7cccc5c76)c4)cc32)c1.[Cl-]. The molecule has 0 aliphatic rings. The lowest BCUT2D eigenvalue weighted by molar-refractivity contribution is -0.567. The molecule has 0 saturated carbocycles. The number of ether oxygens (including phenoxy) is 1. The van der Waals surface area contributed by atoms with Crippen LogP contribution in [0.25, 0.3) is 154 Å². The van der Waals surface area contributed by atoms with Crippen LogP contribution in [0.3, 0.4) is 0 Å². The van der Waals surface area contributed by atoms with Gasteiger partial charge in [0.25, 0.3) is 6.33 Å². The van der Waals surface area contributed by atoms with Gasteiger partial charge in [-0.1, -0.05) is 221 Å². The summed E-state index contributed by atoms with van der Waals surface area (Å²) in [6.45, 7) is 7.51. The number of halogens is 2. The van der Waals surface area contributed by atoms with E-state index in [4.69, 9.17) is 9.72 Å². The van der Waals surface area contributed by atoms with Crippen molar-refractivity contribution >= 4 is 114 Å². The first kappa shape index (κ1) is 58.5. The average molecular weight is 1290 g/mol. The van der Waals surface area contributed by atoms with Crippen LogP contribution in [0.2, 0.25) is 0 Å². The Morgan fingerprint density at radius 1 is 0.408 bits per heavy atom. The number of imidazole rings is 1. The maximum atomic E-state index is 15.5. The molecule has 19 aromatic rings. The largest absolute Gasteiger partial charge is 1.00 e. The van der Waals surface area contributed by atoms with E-state index in [-0.39, 0.29) is 23.6 Å². The molecule has 19 rings (SSSR count). The molecule has 0 atom stereocenters. The molecule has 0 fully saturated rings. The van der Waals surface area contributed by atoms with Gasteiger partial charge in [-0.05, 0) is 134 Å². The van der Waals surface area contributed by atoms with Crippen LogP contribution in [0.1, 0.15) is 31.9 Å². The van der Waals surface area contributed by atoms with E-state index in [9.17, 15) is 0 Å². The Hall–Kier alpha value is -12.1. The van der Waals surface area contributed by atoms with Gasteiger partial charge in [0.15, 0.2) is 16.8 Å². The van der Waals surface area contributed by atoms with Crippen molar-refractivity contribution in [3.05, 3.63) is 327 Å². The summed E-state index contributed by atoms with van der Waals surface area (Å²) in [7, 11) is 0. The minimum atomic E-state index is -0.290. The first-order valence-electron chi connectivity index (χ1n) is 33.2. The van der Waals surface area contributed by atoms with E-state index in [0.29, 0.717) is 11.5 Å². The zero-order chi connectivity index (χ0) is 64.6. The number of hydrogen-bond acceptors (Lipinski definition) is 2.